The summed E-state index contributed by atoms with van der Waals surface area (Å²) in [7, 11) is 0. The molecule has 0 aliphatic heterocycles. The maximum atomic E-state index is 11.1. The van der Waals surface area contributed by atoms with Gasteiger partial charge in [0.25, 0.3) is 0 Å². The lowest BCUT2D eigenvalue weighted by Crippen LogP contribution is -2.15. The summed E-state index contributed by atoms with van der Waals surface area (Å²) in [5.74, 6) is 0.189. The molecule has 0 unspecified atom stereocenters. The van der Waals surface area contributed by atoms with Crippen molar-refractivity contribution in [3.8, 4) is 0 Å². The first-order valence-corrected chi connectivity index (χ1v) is 4.32. The number of rotatable bonds is 2. The minimum atomic E-state index is -0.316. The second kappa shape index (κ2) is 4.18. The molecule has 0 saturated heterocycles. The van der Waals surface area contributed by atoms with Gasteiger partial charge in [0, 0.05) is 23.7 Å². The van der Waals surface area contributed by atoms with Crippen LogP contribution < -0.4 is 0 Å². The number of Topliss-reactive ketones (excluding diaryl/α,β-unsaturated/α-hetero) is 1. The molecule has 1 saturated carbocycles. The van der Waals surface area contributed by atoms with Crippen molar-refractivity contribution in [2.24, 2.45) is 5.92 Å². The number of nitrogens with zero attached hydrogens (tertiary/aromatic N) is 1. The second-order valence-corrected chi connectivity index (χ2v) is 3.37. The van der Waals surface area contributed by atoms with Gasteiger partial charge in [0.2, 0.25) is 6.54 Å². The van der Waals surface area contributed by atoms with Crippen LogP contribution in [0.3, 0.4) is 0 Å². The number of carbonyl (C=O) groups is 1. The summed E-state index contributed by atoms with van der Waals surface area (Å²) in [6.07, 6.45) is 3.75. The molecule has 0 aromatic heterocycles. The highest BCUT2D eigenvalue weighted by molar-refractivity contribution is 5.78. The molecule has 0 spiro atoms. The van der Waals surface area contributed by atoms with Gasteiger partial charge in [-0.05, 0) is 12.8 Å². The third-order valence-corrected chi connectivity index (χ3v) is 2.24. The van der Waals surface area contributed by atoms with Crippen molar-refractivity contribution in [3.05, 3.63) is 10.1 Å². The number of hydrogen-bond acceptors (Lipinski definition) is 3. The van der Waals surface area contributed by atoms with E-state index in [-0.39, 0.29) is 23.2 Å². The number of ketones is 1. The van der Waals surface area contributed by atoms with E-state index < -0.39 is 0 Å². The van der Waals surface area contributed by atoms with Gasteiger partial charge in [-0.2, -0.15) is 0 Å². The van der Waals surface area contributed by atoms with Crippen molar-refractivity contribution in [2.45, 2.75) is 32.1 Å². The van der Waals surface area contributed by atoms with Gasteiger partial charge >= 0.3 is 0 Å². The highest BCUT2D eigenvalue weighted by atomic mass is 16.6. The zero-order valence-corrected chi connectivity index (χ0v) is 6.99. The SMILES string of the molecule is O=C1CCCC[C@@H](C[N+](=O)[O-])C1. The summed E-state index contributed by atoms with van der Waals surface area (Å²) in [4.78, 5) is 20.9. The zero-order valence-electron chi connectivity index (χ0n) is 6.99. The Morgan fingerprint density at radius 1 is 1.50 bits per heavy atom. The average molecular weight is 171 g/mol. The summed E-state index contributed by atoms with van der Waals surface area (Å²) in [6, 6.07) is 0. The first-order valence-electron chi connectivity index (χ1n) is 4.32. The Labute approximate surface area is 71.1 Å². The van der Waals surface area contributed by atoms with Gasteiger partial charge in [-0.25, -0.2) is 0 Å². The predicted octanol–water partition coefficient (Wildman–Crippen LogP) is 1.41. The van der Waals surface area contributed by atoms with Crippen molar-refractivity contribution in [2.75, 3.05) is 6.54 Å². The Balaban J connectivity index is 2.41. The molecule has 0 N–H and O–H groups in total. The van der Waals surface area contributed by atoms with Crippen molar-refractivity contribution in [1.82, 2.24) is 0 Å². The average Bonchev–Trinajstić information content (AvgIpc) is 2.12. The molecule has 0 radical (unpaired) electrons. The monoisotopic (exact) mass is 171 g/mol. The molecule has 1 rings (SSSR count). The standard InChI is InChI=1S/C8H13NO3/c10-8-4-2-1-3-7(5-8)6-9(11)12/h7H,1-6H2/t7-/m1/s1. The Morgan fingerprint density at radius 2 is 2.25 bits per heavy atom. The Morgan fingerprint density at radius 3 is 2.92 bits per heavy atom. The molecule has 0 amide bonds. The normalized spacial score (nSPS) is 25.0. The van der Waals surface area contributed by atoms with Gasteiger partial charge in [-0.1, -0.05) is 6.42 Å². The second-order valence-electron chi connectivity index (χ2n) is 3.37. The fraction of sp³-hybridized carbons (Fsp3) is 0.875. The molecule has 12 heavy (non-hydrogen) atoms. The Bertz CT molecular complexity index is 191. The lowest BCUT2D eigenvalue weighted by molar-refractivity contribution is -0.488. The van der Waals surface area contributed by atoms with Crippen LogP contribution in [0.4, 0.5) is 0 Å². The van der Waals surface area contributed by atoms with Crippen LogP contribution in [0, 0.1) is 16.0 Å². The smallest absolute Gasteiger partial charge is 0.207 e. The van der Waals surface area contributed by atoms with Crippen LogP contribution in [-0.4, -0.2) is 17.3 Å². The van der Waals surface area contributed by atoms with Crippen LogP contribution in [0.25, 0.3) is 0 Å². The van der Waals surface area contributed by atoms with Crippen LogP contribution in [0.5, 0.6) is 0 Å². The van der Waals surface area contributed by atoms with Gasteiger partial charge in [-0.15, -0.1) is 0 Å². The largest absolute Gasteiger partial charge is 0.300 e. The molecular formula is C8H13NO3. The molecule has 0 heterocycles. The topological polar surface area (TPSA) is 60.2 Å². The van der Waals surface area contributed by atoms with E-state index >= 15 is 0 Å². The minimum Gasteiger partial charge on any atom is -0.300 e. The highest BCUT2D eigenvalue weighted by Crippen LogP contribution is 2.20. The summed E-state index contributed by atoms with van der Waals surface area (Å²) in [6.45, 7) is -0.0360. The van der Waals surface area contributed by atoms with Crippen LogP contribution in [0.1, 0.15) is 32.1 Å². The van der Waals surface area contributed by atoms with E-state index in [2.05, 4.69) is 0 Å². The van der Waals surface area contributed by atoms with E-state index in [1.165, 1.54) is 0 Å². The quantitative estimate of drug-likeness (QED) is 0.358. The molecule has 0 bridgehead atoms. The number of carbonyl (C=O) groups excluding carboxylic acids is 1. The molecule has 0 aromatic carbocycles. The maximum Gasteiger partial charge on any atom is 0.207 e. The third-order valence-electron chi connectivity index (χ3n) is 2.24. The summed E-state index contributed by atoms with van der Waals surface area (Å²) >= 11 is 0. The molecule has 1 aliphatic rings. The van der Waals surface area contributed by atoms with E-state index in [4.69, 9.17) is 0 Å². The predicted molar refractivity (Wildman–Crippen MR) is 43.4 cm³/mol. The van der Waals surface area contributed by atoms with Gasteiger partial charge in [-0.3, -0.25) is 14.9 Å². The van der Waals surface area contributed by atoms with E-state index in [0.29, 0.717) is 12.8 Å². The molecule has 1 atom stereocenters. The van der Waals surface area contributed by atoms with E-state index in [1.807, 2.05) is 0 Å². The lowest BCUT2D eigenvalue weighted by atomic mass is 10.0. The Kier molecular flexibility index (Phi) is 3.19. The molecule has 68 valence electrons. The number of hydrogen-bond donors (Lipinski definition) is 0. The van der Waals surface area contributed by atoms with E-state index in [1.54, 1.807) is 0 Å². The fourth-order valence-corrected chi connectivity index (χ4v) is 1.65. The van der Waals surface area contributed by atoms with Gasteiger partial charge in [0.1, 0.15) is 5.78 Å². The molecule has 4 heteroatoms. The lowest BCUT2D eigenvalue weighted by Gasteiger charge is -2.06. The van der Waals surface area contributed by atoms with Crippen LogP contribution in [-0.2, 0) is 4.79 Å². The van der Waals surface area contributed by atoms with Crippen LogP contribution in [0.15, 0.2) is 0 Å². The summed E-state index contributed by atoms with van der Waals surface area (Å²) in [5, 5.41) is 10.2. The zero-order chi connectivity index (χ0) is 8.97. The molecule has 1 fully saturated rings. The maximum absolute atomic E-state index is 11.1. The molecular weight excluding hydrogens is 158 g/mol. The van der Waals surface area contributed by atoms with Gasteiger partial charge in [0.05, 0.1) is 0 Å². The molecule has 0 aromatic rings. The summed E-state index contributed by atoms with van der Waals surface area (Å²) < 4.78 is 0. The van der Waals surface area contributed by atoms with E-state index in [0.717, 1.165) is 19.3 Å². The minimum absolute atomic E-state index is 0.00463. The first kappa shape index (κ1) is 9.16. The van der Waals surface area contributed by atoms with Crippen molar-refractivity contribution in [1.29, 1.82) is 0 Å². The first-order chi connectivity index (χ1) is 5.68. The van der Waals surface area contributed by atoms with Crippen LogP contribution in [0.2, 0.25) is 0 Å². The van der Waals surface area contributed by atoms with E-state index in [9.17, 15) is 14.9 Å². The fourth-order valence-electron chi connectivity index (χ4n) is 1.65. The van der Waals surface area contributed by atoms with Gasteiger partial charge < -0.3 is 0 Å². The summed E-state index contributed by atoms with van der Waals surface area (Å²) in [5.41, 5.74) is 0. The third kappa shape index (κ3) is 2.98. The van der Waals surface area contributed by atoms with Crippen molar-refractivity contribution < 1.29 is 9.72 Å². The molecule has 1 aliphatic carbocycles. The molecule has 4 nitrogen and oxygen atoms in total. The number of nitro groups is 1. The highest BCUT2D eigenvalue weighted by Gasteiger charge is 2.21. The van der Waals surface area contributed by atoms with Crippen molar-refractivity contribution in [3.63, 3.8) is 0 Å². The van der Waals surface area contributed by atoms with Crippen LogP contribution >= 0.6 is 0 Å². The van der Waals surface area contributed by atoms with Crippen molar-refractivity contribution >= 4 is 5.78 Å². The van der Waals surface area contributed by atoms with Gasteiger partial charge in [0.15, 0.2) is 0 Å². The Hall–Kier alpha value is -0.930.